The van der Waals surface area contributed by atoms with Crippen molar-refractivity contribution in [3.8, 4) is 5.75 Å². The Bertz CT molecular complexity index is 722. The molecule has 2 aliphatic heterocycles. The SMILES string of the molecule is CC(=O)Oc1cccc(C(=O)NCC2CCN(C(=O)CC3CCOCC3)CC2)c1. The van der Waals surface area contributed by atoms with Gasteiger partial charge in [0.2, 0.25) is 5.91 Å². The van der Waals surface area contributed by atoms with Gasteiger partial charge in [0.15, 0.2) is 0 Å². The minimum atomic E-state index is -0.416. The first-order chi connectivity index (χ1) is 14.0. The van der Waals surface area contributed by atoms with E-state index in [1.165, 1.54) is 6.92 Å². The zero-order chi connectivity index (χ0) is 20.6. The number of ether oxygens (including phenoxy) is 2. The predicted molar refractivity (Wildman–Crippen MR) is 108 cm³/mol. The third-order valence-electron chi connectivity index (χ3n) is 5.68. The van der Waals surface area contributed by atoms with Crippen molar-refractivity contribution in [3.63, 3.8) is 0 Å². The van der Waals surface area contributed by atoms with Gasteiger partial charge < -0.3 is 19.7 Å². The lowest BCUT2D eigenvalue weighted by Crippen LogP contribution is -2.42. The van der Waals surface area contributed by atoms with Gasteiger partial charge in [-0.25, -0.2) is 0 Å². The highest BCUT2D eigenvalue weighted by Gasteiger charge is 2.26. The van der Waals surface area contributed by atoms with Gasteiger partial charge in [0.1, 0.15) is 5.75 Å². The first-order valence-electron chi connectivity index (χ1n) is 10.4. The lowest BCUT2D eigenvalue weighted by Gasteiger charge is -2.33. The van der Waals surface area contributed by atoms with E-state index >= 15 is 0 Å². The number of likely N-dealkylation sites (tertiary alicyclic amines) is 1. The van der Waals surface area contributed by atoms with Crippen LogP contribution in [0.1, 0.15) is 49.4 Å². The number of amides is 2. The molecule has 0 atom stereocenters. The molecule has 0 radical (unpaired) electrons. The van der Waals surface area contributed by atoms with Crippen molar-refractivity contribution in [2.45, 2.75) is 39.0 Å². The lowest BCUT2D eigenvalue weighted by molar-refractivity contribution is -0.134. The molecule has 1 N–H and O–H groups in total. The van der Waals surface area contributed by atoms with Crippen molar-refractivity contribution >= 4 is 17.8 Å². The second kappa shape index (κ2) is 10.4. The predicted octanol–water partition coefficient (Wildman–Crippen LogP) is 2.40. The van der Waals surface area contributed by atoms with E-state index in [0.717, 1.165) is 52.0 Å². The number of piperidine rings is 1. The number of nitrogens with one attached hydrogen (secondary N) is 1. The Morgan fingerprint density at radius 2 is 1.83 bits per heavy atom. The van der Waals surface area contributed by atoms with E-state index in [2.05, 4.69) is 5.32 Å². The van der Waals surface area contributed by atoms with Gasteiger partial charge in [0, 0.05) is 51.8 Å². The molecule has 158 valence electrons. The summed E-state index contributed by atoms with van der Waals surface area (Å²) in [7, 11) is 0. The summed E-state index contributed by atoms with van der Waals surface area (Å²) in [6.07, 6.45) is 4.38. The van der Waals surface area contributed by atoms with Crippen LogP contribution in [0.5, 0.6) is 5.75 Å². The fourth-order valence-electron chi connectivity index (χ4n) is 3.92. The van der Waals surface area contributed by atoms with Crippen molar-refractivity contribution in [2.24, 2.45) is 11.8 Å². The third-order valence-corrected chi connectivity index (χ3v) is 5.68. The standard InChI is InChI=1S/C22H30N2O5/c1-16(25)29-20-4-2-3-19(14-20)22(27)23-15-18-5-9-24(10-6-18)21(26)13-17-7-11-28-12-8-17/h2-4,14,17-18H,5-13,15H2,1H3,(H,23,27). The zero-order valence-electron chi connectivity index (χ0n) is 17.0. The average Bonchev–Trinajstić information content (AvgIpc) is 2.73. The van der Waals surface area contributed by atoms with E-state index in [9.17, 15) is 14.4 Å². The van der Waals surface area contributed by atoms with Crippen LogP contribution in [0.4, 0.5) is 0 Å². The van der Waals surface area contributed by atoms with Gasteiger partial charge >= 0.3 is 5.97 Å². The molecule has 3 rings (SSSR count). The Kier molecular flexibility index (Phi) is 7.63. The smallest absolute Gasteiger partial charge is 0.308 e. The van der Waals surface area contributed by atoms with Gasteiger partial charge in [-0.2, -0.15) is 0 Å². The Labute approximate surface area is 171 Å². The maximum atomic E-state index is 12.5. The summed E-state index contributed by atoms with van der Waals surface area (Å²) in [5, 5.41) is 2.96. The summed E-state index contributed by atoms with van der Waals surface area (Å²) in [6, 6.07) is 6.59. The molecular weight excluding hydrogens is 372 g/mol. The summed E-state index contributed by atoms with van der Waals surface area (Å²) >= 11 is 0. The number of hydrogen-bond acceptors (Lipinski definition) is 5. The molecule has 0 aromatic heterocycles. The van der Waals surface area contributed by atoms with Crippen molar-refractivity contribution < 1.29 is 23.9 Å². The van der Waals surface area contributed by atoms with Crippen LogP contribution >= 0.6 is 0 Å². The lowest BCUT2D eigenvalue weighted by atomic mass is 9.93. The number of hydrogen-bond donors (Lipinski definition) is 1. The third kappa shape index (κ3) is 6.56. The second-order valence-electron chi connectivity index (χ2n) is 7.92. The summed E-state index contributed by atoms with van der Waals surface area (Å²) in [5.74, 6) is 0.833. The molecule has 7 heteroatoms. The molecule has 0 saturated carbocycles. The summed E-state index contributed by atoms with van der Waals surface area (Å²) in [4.78, 5) is 37.9. The van der Waals surface area contributed by atoms with Crippen LogP contribution < -0.4 is 10.1 Å². The number of benzene rings is 1. The summed E-state index contributed by atoms with van der Waals surface area (Å²) in [6.45, 7) is 4.95. The number of rotatable bonds is 6. The Morgan fingerprint density at radius 1 is 1.10 bits per heavy atom. The van der Waals surface area contributed by atoms with Gasteiger partial charge in [0.25, 0.3) is 5.91 Å². The van der Waals surface area contributed by atoms with Crippen LogP contribution in [0, 0.1) is 11.8 Å². The van der Waals surface area contributed by atoms with E-state index in [4.69, 9.17) is 9.47 Å². The highest BCUT2D eigenvalue weighted by Crippen LogP contribution is 2.22. The molecule has 1 aromatic rings. The molecule has 2 aliphatic rings. The van der Waals surface area contributed by atoms with E-state index < -0.39 is 5.97 Å². The van der Waals surface area contributed by atoms with Crippen LogP contribution in [0.15, 0.2) is 24.3 Å². The summed E-state index contributed by atoms with van der Waals surface area (Å²) in [5.41, 5.74) is 0.466. The molecule has 29 heavy (non-hydrogen) atoms. The van der Waals surface area contributed by atoms with Crippen LogP contribution in [-0.2, 0) is 14.3 Å². The molecule has 2 saturated heterocycles. The van der Waals surface area contributed by atoms with Gasteiger partial charge in [-0.3, -0.25) is 14.4 Å². The summed E-state index contributed by atoms with van der Waals surface area (Å²) < 4.78 is 10.4. The van der Waals surface area contributed by atoms with Crippen molar-refractivity contribution in [3.05, 3.63) is 29.8 Å². The molecule has 2 amide bonds. The molecule has 2 heterocycles. The fraction of sp³-hybridized carbons (Fsp3) is 0.591. The molecular formula is C22H30N2O5. The van der Waals surface area contributed by atoms with Gasteiger partial charge in [-0.05, 0) is 55.7 Å². The minimum absolute atomic E-state index is 0.183. The average molecular weight is 402 g/mol. The molecule has 0 unspecified atom stereocenters. The minimum Gasteiger partial charge on any atom is -0.427 e. The van der Waals surface area contributed by atoms with E-state index in [0.29, 0.717) is 36.1 Å². The molecule has 0 aliphatic carbocycles. The van der Waals surface area contributed by atoms with Crippen LogP contribution in [0.25, 0.3) is 0 Å². The van der Waals surface area contributed by atoms with E-state index in [1.54, 1.807) is 24.3 Å². The van der Waals surface area contributed by atoms with Gasteiger partial charge in [-0.1, -0.05) is 6.07 Å². The first-order valence-corrected chi connectivity index (χ1v) is 10.4. The number of nitrogens with zero attached hydrogens (tertiary/aromatic N) is 1. The zero-order valence-corrected chi connectivity index (χ0v) is 17.0. The van der Waals surface area contributed by atoms with Gasteiger partial charge in [-0.15, -0.1) is 0 Å². The topological polar surface area (TPSA) is 84.9 Å². The monoisotopic (exact) mass is 402 g/mol. The number of carbonyl (C=O) groups excluding carboxylic acids is 3. The first kappa shape index (κ1) is 21.3. The van der Waals surface area contributed by atoms with Crippen molar-refractivity contribution in [1.29, 1.82) is 0 Å². The molecule has 2 fully saturated rings. The fourth-order valence-corrected chi connectivity index (χ4v) is 3.92. The Hall–Kier alpha value is -2.41. The normalized spacial score (nSPS) is 18.3. The quantitative estimate of drug-likeness (QED) is 0.583. The van der Waals surface area contributed by atoms with E-state index in [-0.39, 0.29) is 11.8 Å². The highest BCUT2D eigenvalue weighted by atomic mass is 16.5. The Morgan fingerprint density at radius 3 is 2.52 bits per heavy atom. The van der Waals surface area contributed by atoms with E-state index in [1.807, 2.05) is 4.90 Å². The second-order valence-corrected chi connectivity index (χ2v) is 7.92. The van der Waals surface area contributed by atoms with Gasteiger partial charge in [0.05, 0.1) is 0 Å². The maximum Gasteiger partial charge on any atom is 0.308 e. The Balaban J connectivity index is 1.40. The molecule has 7 nitrogen and oxygen atoms in total. The highest BCUT2D eigenvalue weighted by molar-refractivity contribution is 5.94. The van der Waals surface area contributed by atoms with Crippen molar-refractivity contribution in [1.82, 2.24) is 10.2 Å². The maximum absolute atomic E-state index is 12.5. The largest absolute Gasteiger partial charge is 0.427 e. The molecule has 1 aromatic carbocycles. The van der Waals surface area contributed by atoms with Crippen molar-refractivity contribution in [2.75, 3.05) is 32.8 Å². The molecule has 0 spiro atoms. The number of esters is 1. The van der Waals surface area contributed by atoms with Crippen LogP contribution in [0.3, 0.4) is 0 Å². The molecule has 0 bridgehead atoms. The van der Waals surface area contributed by atoms with Crippen LogP contribution in [-0.4, -0.2) is 55.5 Å². The number of carbonyl (C=O) groups is 3. The van der Waals surface area contributed by atoms with Crippen LogP contribution in [0.2, 0.25) is 0 Å².